The zero-order valence-corrected chi connectivity index (χ0v) is 12.7. The maximum atomic E-state index is 11.2. The summed E-state index contributed by atoms with van der Waals surface area (Å²) in [5.41, 5.74) is 0. The van der Waals surface area contributed by atoms with Crippen LogP contribution in [0.2, 0.25) is 0 Å². The van der Waals surface area contributed by atoms with E-state index in [2.05, 4.69) is 4.74 Å². The SMILES string of the molecule is CCCCC(CCCCCCC(=O)OC)S(=O)(=O)O. The van der Waals surface area contributed by atoms with Gasteiger partial charge in [-0.3, -0.25) is 9.35 Å². The second-order valence-corrected chi connectivity index (χ2v) is 6.50. The Bertz CT molecular complexity index is 337. The molecule has 0 radical (unpaired) electrons. The highest BCUT2D eigenvalue weighted by Crippen LogP contribution is 2.17. The van der Waals surface area contributed by atoms with Crippen molar-refractivity contribution in [1.82, 2.24) is 0 Å². The van der Waals surface area contributed by atoms with E-state index in [1.54, 1.807) is 0 Å². The van der Waals surface area contributed by atoms with Gasteiger partial charge in [0.05, 0.1) is 12.4 Å². The molecule has 0 aromatic rings. The molecule has 0 heterocycles. The maximum Gasteiger partial charge on any atom is 0.305 e. The smallest absolute Gasteiger partial charge is 0.305 e. The van der Waals surface area contributed by atoms with Crippen molar-refractivity contribution in [2.24, 2.45) is 0 Å². The van der Waals surface area contributed by atoms with Crippen LogP contribution in [0.3, 0.4) is 0 Å². The van der Waals surface area contributed by atoms with E-state index in [1.165, 1.54) is 7.11 Å². The molecule has 0 saturated heterocycles. The zero-order chi connectivity index (χ0) is 14.7. The molecule has 5 nitrogen and oxygen atoms in total. The number of unbranched alkanes of at least 4 members (excludes halogenated alkanes) is 4. The van der Waals surface area contributed by atoms with Gasteiger partial charge in [-0.05, 0) is 19.3 Å². The lowest BCUT2D eigenvalue weighted by molar-refractivity contribution is -0.140. The van der Waals surface area contributed by atoms with E-state index in [-0.39, 0.29) is 5.97 Å². The number of carbonyl (C=O) groups is 1. The summed E-state index contributed by atoms with van der Waals surface area (Å²) in [6, 6.07) is 0. The van der Waals surface area contributed by atoms with Crippen LogP contribution in [0.25, 0.3) is 0 Å². The van der Waals surface area contributed by atoms with Crippen molar-refractivity contribution in [2.45, 2.75) is 70.0 Å². The lowest BCUT2D eigenvalue weighted by Crippen LogP contribution is -2.20. The first-order chi connectivity index (χ1) is 8.91. The predicted octanol–water partition coefficient (Wildman–Crippen LogP) is 2.95. The van der Waals surface area contributed by atoms with Gasteiger partial charge < -0.3 is 4.74 Å². The van der Waals surface area contributed by atoms with Crippen LogP contribution in [0.1, 0.15) is 64.7 Å². The van der Waals surface area contributed by atoms with E-state index in [0.717, 1.165) is 38.5 Å². The Morgan fingerprint density at radius 2 is 1.68 bits per heavy atom. The molecule has 0 rings (SSSR count). The van der Waals surface area contributed by atoms with Crippen molar-refractivity contribution in [2.75, 3.05) is 7.11 Å². The molecule has 1 atom stereocenters. The maximum absolute atomic E-state index is 11.2. The summed E-state index contributed by atoms with van der Waals surface area (Å²) in [5.74, 6) is -0.209. The third-order valence-corrected chi connectivity index (χ3v) is 4.50. The highest BCUT2D eigenvalue weighted by Gasteiger charge is 2.21. The van der Waals surface area contributed by atoms with Gasteiger partial charge in [0.15, 0.2) is 0 Å². The van der Waals surface area contributed by atoms with Crippen LogP contribution in [0.5, 0.6) is 0 Å². The molecule has 19 heavy (non-hydrogen) atoms. The molecule has 0 aromatic heterocycles. The molecule has 0 bridgehead atoms. The van der Waals surface area contributed by atoms with Crippen molar-refractivity contribution in [3.8, 4) is 0 Å². The first-order valence-corrected chi connectivity index (χ1v) is 8.45. The van der Waals surface area contributed by atoms with Crippen LogP contribution in [-0.4, -0.2) is 31.3 Å². The summed E-state index contributed by atoms with van der Waals surface area (Å²) in [7, 11) is -2.55. The third kappa shape index (κ3) is 9.90. The number of carbonyl (C=O) groups excluding carboxylic acids is 1. The average molecular weight is 294 g/mol. The van der Waals surface area contributed by atoms with Gasteiger partial charge >= 0.3 is 5.97 Å². The van der Waals surface area contributed by atoms with E-state index >= 15 is 0 Å². The predicted molar refractivity (Wildman–Crippen MR) is 74.6 cm³/mol. The van der Waals surface area contributed by atoms with Crippen molar-refractivity contribution >= 4 is 16.1 Å². The Morgan fingerprint density at radius 1 is 1.11 bits per heavy atom. The molecular weight excluding hydrogens is 268 g/mol. The minimum absolute atomic E-state index is 0.209. The minimum Gasteiger partial charge on any atom is -0.469 e. The topological polar surface area (TPSA) is 80.7 Å². The van der Waals surface area contributed by atoms with Gasteiger partial charge in [0.25, 0.3) is 10.1 Å². The summed E-state index contributed by atoms with van der Waals surface area (Å²) >= 11 is 0. The number of hydrogen-bond acceptors (Lipinski definition) is 4. The van der Waals surface area contributed by atoms with Gasteiger partial charge in [0, 0.05) is 6.42 Å². The highest BCUT2D eigenvalue weighted by molar-refractivity contribution is 7.86. The molecule has 0 fully saturated rings. The quantitative estimate of drug-likeness (QED) is 0.360. The lowest BCUT2D eigenvalue weighted by atomic mass is 10.1. The van der Waals surface area contributed by atoms with E-state index < -0.39 is 15.4 Å². The molecule has 0 aliphatic rings. The fourth-order valence-corrected chi connectivity index (χ4v) is 2.90. The van der Waals surface area contributed by atoms with Crippen LogP contribution in [0.4, 0.5) is 0 Å². The summed E-state index contributed by atoms with van der Waals surface area (Å²) < 4.78 is 36.0. The van der Waals surface area contributed by atoms with Crippen LogP contribution in [0.15, 0.2) is 0 Å². The molecule has 1 unspecified atom stereocenters. The number of esters is 1. The normalized spacial score (nSPS) is 13.2. The van der Waals surface area contributed by atoms with E-state index in [1.807, 2.05) is 6.92 Å². The van der Waals surface area contributed by atoms with Crippen molar-refractivity contribution in [3.05, 3.63) is 0 Å². The van der Waals surface area contributed by atoms with Crippen molar-refractivity contribution in [3.63, 3.8) is 0 Å². The molecule has 0 saturated carbocycles. The molecule has 6 heteroatoms. The van der Waals surface area contributed by atoms with Gasteiger partial charge in [-0.15, -0.1) is 0 Å². The second-order valence-electron chi connectivity index (χ2n) is 4.81. The number of ether oxygens (including phenoxy) is 1. The van der Waals surface area contributed by atoms with Crippen LogP contribution < -0.4 is 0 Å². The third-order valence-electron chi connectivity index (χ3n) is 3.19. The first-order valence-electron chi connectivity index (χ1n) is 6.95. The number of methoxy groups -OCH3 is 1. The molecule has 0 aromatic carbocycles. The van der Waals surface area contributed by atoms with Crippen LogP contribution in [-0.2, 0) is 19.6 Å². The van der Waals surface area contributed by atoms with E-state index in [9.17, 15) is 13.2 Å². The molecule has 0 aliphatic carbocycles. The number of hydrogen-bond donors (Lipinski definition) is 1. The number of rotatable bonds is 11. The Labute approximate surface area is 116 Å². The molecule has 0 amide bonds. The molecule has 1 N–H and O–H groups in total. The Hall–Kier alpha value is -0.620. The van der Waals surface area contributed by atoms with Gasteiger partial charge in [-0.1, -0.05) is 39.0 Å². The Balaban J connectivity index is 3.79. The highest BCUT2D eigenvalue weighted by atomic mass is 32.2. The Morgan fingerprint density at radius 3 is 2.21 bits per heavy atom. The molecule has 0 spiro atoms. The summed E-state index contributed by atoms with van der Waals surface area (Å²) in [4.78, 5) is 10.9. The first kappa shape index (κ1) is 18.4. The zero-order valence-electron chi connectivity index (χ0n) is 11.9. The average Bonchev–Trinajstić information content (AvgIpc) is 2.35. The molecule has 0 aliphatic heterocycles. The van der Waals surface area contributed by atoms with Gasteiger partial charge in [-0.2, -0.15) is 8.42 Å². The van der Waals surface area contributed by atoms with Crippen molar-refractivity contribution in [1.29, 1.82) is 0 Å². The fraction of sp³-hybridized carbons (Fsp3) is 0.923. The van der Waals surface area contributed by atoms with Gasteiger partial charge in [-0.25, -0.2) is 0 Å². The molecule has 114 valence electrons. The van der Waals surface area contributed by atoms with Crippen LogP contribution >= 0.6 is 0 Å². The monoisotopic (exact) mass is 294 g/mol. The van der Waals surface area contributed by atoms with Crippen molar-refractivity contribution < 1.29 is 22.5 Å². The van der Waals surface area contributed by atoms with Crippen LogP contribution in [0, 0.1) is 0 Å². The Kier molecular flexibility index (Phi) is 9.87. The molecular formula is C13H26O5S. The summed E-state index contributed by atoms with van der Waals surface area (Å²) in [6.07, 6.45) is 6.43. The fourth-order valence-electron chi connectivity index (χ4n) is 1.97. The minimum atomic E-state index is -3.92. The van der Waals surface area contributed by atoms with E-state index in [0.29, 0.717) is 19.3 Å². The van der Waals surface area contributed by atoms with Gasteiger partial charge in [0.1, 0.15) is 0 Å². The second kappa shape index (κ2) is 10.2. The lowest BCUT2D eigenvalue weighted by Gasteiger charge is -2.13. The van der Waals surface area contributed by atoms with Gasteiger partial charge in [0.2, 0.25) is 0 Å². The summed E-state index contributed by atoms with van der Waals surface area (Å²) in [5, 5.41) is -0.631. The standard InChI is InChI=1S/C13H26O5S/c1-3-4-9-12(19(15,16)17)10-7-5-6-8-11-13(14)18-2/h12H,3-11H2,1-2H3,(H,15,16,17). The summed E-state index contributed by atoms with van der Waals surface area (Å²) in [6.45, 7) is 1.99. The largest absolute Gasteiger partial charge is 0.469 e. The van der Waals surface area contributed by atoms with E-state index in [4.69, 9.17) is 4.55 Å².